The summed E-state index contributed by atoms with van der Waals surface area (Å²) in [6, 6.07) is 6.11. The first-order chi connectivity index (χ1) is 8.35. The number of hydrogen-bond donors (Lipinski definition) is 0. The number of hydrogen-bond acceptors (Lipinski definition) is 2. The molecular formula is C15H23BrO2. The van der Waals surface area contributed by atoms with Gasteiger partial charge >= 0.3 is 0 Å². The number of ether oxygens (including phenoxy) is 2. The van der Waals surface area contributed by atoms with Crippen LogP contribution in [-0.2, 0) is 6.42 Å². The van der Waals surface area contributed by atoms with Gasteiger partial charge in [0.05, 0.1) is 14.2 Å². The average molecular weight is 315 g/mol. The van der Waals surface area contributed by atoms with Gasteiger partial charge in [0.1, 0.15) is 0 Å². The van der Waals surface area contributed by atoms with Gasteiger partial charge in [0.25, 0.3) is 0 Å². The Morgan fingerprint density at radius 3 is 2.22 bits per heavy atom. The molecule has 0 aliphatic rings. The van der Waals surface area contributed by atoms with E-state index in [0.717, 1.165) is 24.3 Å². The number of halogens is 1. The Balaban J connectivity index is 2.73. The van der Waals surface area contributed by atoms with Crippen molar-refractivity contribution in [2.75, 3.05) is 14.2 Å². The maximum atomic E-state index is 5.32. The molecule has 102 valence electrons. The van der Waals surface area contributed by atoms with Crippen molar-refractivity contribution in [1.29, 1.82) is 0 Å². The van der Waals surface area contributed by atoms with Crippen LogP contribution in [0.25, 0.3) is 0 Å². The molecule has 0 radical (unpaired) electrons. The quantitative estimate of drug-likeness (QED) is 0.748. The highest BCUT2D eigenvalue weighted by atomic mass is 79.9. The fraction of sp³-hybridized carbons (Fsp3) is 0.600. The molecule has 0 saturated heterocycles. The Hall–Kier alpha value is -0.700. The van der Waals surface area contributed by atoms with Crippen LogP contribution < -0.4 is 9.47 Å². The van der Waals surface area contributed by atoms with Crippen molar-refractivity contribution >= 4 is 15.9 Å². The molecule has 0 aliphatic heterocycles. The molecule has 18 heavy (non-hydrogen) atoms. The van der Waals surface area contributed by atoms with Crippen molar-refractivity contribution in [3.05, 3.63) is 23.8 Å². The third-order valence-corrected chi connectivity index (χ3v) is 3.39. The summed E-state index contributed by atoms with van der Waals surface area (Å²) in [5.74, 6) is 1.58. The Labute approximate surface area is 119 Å². The molecule has 1 unspecified atom stereocenters. The second-order valence-corrected chi connectivity index (χ2v) is 7.05. The lowest BCUT2D eigenvalue weighted by atomic mass is 9.89. The van der Waals surface area contributed by atoms with Gasteiger partial charge in [0, 0.05) is 4.83 Å². The molecule has 1 rings (SSSR count). The molecule has 2 nitrogen and oxygen atoms in total. The first kappa shape index (κ1) is 15.4. The van der Waals surface area contributed by atoms with Crippen LogP contribution in [0.2, 0.25) is 0 Å². The minimum Gasteiger partial charge on any atom is -0.493 e. The molecule has 0 aromatic heterocycles. The minimum absolute atomic E-state index is 0.338. The van der Waals surface area contributed by atoms with Gasteiger partial charge < -0.3 is 9.47 Å². The van der Waals surface area contributed by atoms with Gasteiger partial charge in [-0.25, -0.2) is 0 Å². The molecule has 0 amide bonds. The molecule has 1 aromatic carbocycles. The summed E-state index contributed by atoms with van der Waals surface area (Å²) in [4.78, 5) is 0.482. The van der Waals surface area contributed by atoms with Gasteiger partial charge in [-0.3, -0.25) is 0 Å². The second-order valence-electron chi connectivity index (χ2n) is 5.76. The van der Waals surface area contributed by atoms with Crippen LogP contribution >= 0.6 is 15.9 Å². The highest BCUT2D eigenvalue weighted by Crippen LogP contribution is 2.31. The van der Waals surface area contributed by atoms with E-state index >= 15 is 0 Å². The maximum absolute atomic E-state index is 5.32. The monoisotopic (exact) mass is 314 g/mol. The maximum Gasteiger partial charge on any atom is 0.160 e. The predicted octanol–water partition coefficient (Wildman–Crippen LogP) is 4.45. The van der Waals surface area contributed by atoms with E-state index < -0.39 is 0 Å². The molecule has 0 N–H and O–H groups in total. The van der Waals surface area contributed by atoms with Crippen molar-refractivity contribution in [3.8, 4) is 11.5 Å². The van der Waals surface area contributed by atoms with Crippen molar-refractivity contribution in [1.82, 2.24) is 0 Å². The molecule has 0 fully saturated rings. The molecule has 0 aliphatic carbocycles. The molecule has 0 saturated carbocycles. The summed E-state index contributed by atoms with van der Waals surface area (Å²) >= 11 is 3.76. The Morgan fingerprint density at radius 2 is 1.72 bits per heavy atom. The predicted molar refractivity (Wildman–Crippen MR) is 80.0 cm³/mol. The first-order valence-electron chi connectivity index (χ1n) is 6.20. The first-order valence-corrected chi connectivity index (χ1v) is 7.12. The molecule has 0 bridgehead atoms. The zero-order valence-corrected chi connectivity index (χ0v) is 13.5. The topological polar surface area (TPSA) is 18.5 Å². The molecule has 0 heterocycles. The molecule has 3 heteroatoms. The van der Waals surface area contributed by atoms with E-state index in [-0.39, 0.29) is 0 Å². The highest BCUT2D eigenvalue weighted by Gasteiger charge is 2.17. The highest BCUT2D eigenvalue weighted by molar-refractivity contribution is 9.09. The lowest BCUT2D eigenvalue weighted by molar-refractivity contribution is 0.354. The van der Waals surface area contributed by atoms with E-state index in [9.17, 15) is 0 Å². The van der Waals surface area contributed by atoms with Crippen LogP contribution in [0.15, 0.2) is 18.2 Å². The van der Waals surface area contributed by atoms with Gasteiger partial charge in [-0.15, -0.1) is 0 Å². The van der Waals surface area contributed by atoms with Gasteiger partial charge in [0.2, 0.25) is 0 Å². The van der Waals surface area contributed by atoms with Gasteiger partial charge in [-0.2, -0.15) is 0 Å². The Kier molecular flexibility index (Phi) is 5.51. The van der Waals surface area contributed by atoms with E-state index in [1.165, 1.54) is 5.56 Å². The zero-order chi connectivity index (χ0) is 13.8. The van der Waals surface area contributed by atoms with Gasteiger partial charge in [-0.05, 0) is 36.0 Å². The standard InChI is InChI=1S/C15H23BrO2/c1-15(2,3)10-12(16)8-11-6-7-13(17-4)14(9-11)18-5/h6-7,9,12H,8,10H2,1-5H3. The van der Waals surface area contributed by atoms with E-state index in [0.29, 0.717) is 10.2 Å². The molecule has 1 aromatic rings. The molecule has 1 atom stereocenters. The second kappa shape index (κ2) is 6.46. The smallest absolute Gasteiger partial charge is 0.160 e. The lowest BCUT2D eigenvalue weighted by Gasteiger charge is -2.22. The third kappa shape index (κ3) is 4.89. The van der Waals surface area contributed by atoms with Crippen LogP contribution in [0.4, 0.5) is 0 Å². The largest absolute Gasteiger partial charge is 0.493 e. The summed E-state index contributed by atoms with van der Waals surface area (Å²) in [6.45, 7) is 6.78. The number of methoxy groups -OCH3 is 2. The van der Waals surface area contributed by atoms with E-state index in [4.69, 9.17) is 9.47 Å². The van der Waals surface area contributed by atoms with Crippen LogP contribution in [-0.4, -0.2) is 19.0 Å². The van der Waals surface area contributed by atoms with E-state index in [1.54, 1.807) is 14.2 Å². The van der Waals surface area contributed by atoms with Crippen LogP contribution in [0, 0.1) is 5.41 Å². The number of alkyl halides is 1. The van der Waals surface area contributed by atoms with Gasteiger partial charge in [0.15, 0.2) is 11.5 Å². The van der Waals surface area contributed by atoms with Crippen molar-refractivity contribution < 1.29 is 9.47 Å². The van der Waals surface area contributed by atoms with Crippen molar-refractivity contribution in [2.45, 2.75) is 38.4 Å². The fourth-order valence-electron chi connectivity index (χ4n) is 2.00. The summed E-state index contributed by atoms with van der Waals surface area (Å²) in [6.07, 6.45) is 2.14. The molecular weight excluding hydrogens is 292 g/mol. The zero-order valence-electron chi connectivity index (χ0n) is 11.9. The van der Waals surface area contributed by atoms with Crippen molar-refractivity contribution in [3.63, 3.8) is 0 Å². The Morgan fingerprint density at radius 1 is 1.11 bits per heavy atom. The number of benzene rings is 1. The normalized spacial score (nSPS) is 13.2. The molecule has 0 spiro atoms. The average Bonchev–Trinajstić information content (AvgIpc) is 2.26. The van der Waals surface area contributed by atoms with Crippen LogP contribution in [0.3, 0.4) is 0 Å². The summed E-state index contributed by atoms with van der Waals surface area (Å²) in [5, 5.41) is 0. The fourth-order valence-corrected chi connectivity index (χ4v) is 3.35. The lowest BCUT2D eigenvalue weighted by Crippen LogP contribution is -2.14. The third-order valence-electron chi connectivity index (χ3n) is 2.74. The summed E-state index contributed by atoms with van der Waals surface area (Å²) in [7, 11) is 3.33. The van der Waals surface area contributed by atoms with E-state index in [2.05, 4.69) is 48.8 Å². The summed E-state index contributed by atoms with van der Waals surface area (Å²) in [5.41, 5.74) is 1.60. The van der Waals surface area contributed by atoms with Gasteiger partial charge in [-0.1, -0.05) is 42.8 Å². The summed E-state index contributed by atoms with van der Waals surface area (Å²) < 4.78 is 10.6. The van der Waals surface area contributed by atoms with E-state index in [1.807, 2.05) is 6.07 Å². The Bertz CT molecular complexity index is 383. The minimum atomic E-state index is 0.338. The number of rotatable bonds is 5. The van der Waals surface area contributed by atoms with Crippen molar-refractivity contribution in [2.24, 2.45) is 5.41 Å². The van der Waals surface area contributed by atoms with Crippen LogP contribution in [0.5, 0.6) is 11.5 Å². The van der Waals surface area contributed by atoms with Crippen LogP contribution in [0.1, 0.15) is 32.8 Å². The SMILES string of the molecule is COc1ccc(CC(Br)CC(C)(C)C)cc1OC.